The van der Waals surface area contributed by atoms with E-state index in [0.29, 0.717) is 12.1 Å². The maximum absolute atomic E-state index is 5.75. The minimum atomic E-state index is 0.316. The van der Waals surface area contributed by atoms with Crippen LogP contribution in [0.1, 0.15) is 24.1 Å². The molecule has 1 saturated heterocycles. The summed E-state index contributed by atoms with van der Waals surface area (Å²) in [5, 5.41) is 3.19. The second-order valence-electron chi connectivity index (χ2n) is 5.14. The zero-order valence-corrected chi connectivity index (χ0v) is 11.6. The third-order valence-corrected chi connectivity index (χ3v) is 3.67. The number of aryl methyl sites for hydroxylation is 1. The zero-order valence-electron chi connectivity index (χ0n) is 11.6. The first-order valence-corrected chi connectivity index (χ1v) is 6.77. The SMILES string of the molecule is CNCC1CN(C(C)c2cccc(C)c2)CCO1. The monoisotopic (exact) mass is 248 g/mol. The number of likely N-dealkylation sites (N-methyl/N-ethyl adjacent to an activating group) is 1. The van der Waals surface area contributed by atoms with Gasteiger partial charge in [-0.15, -0.1) is 0 Å². The Labute approximate surface area is 110 Å². The molecular formula is C15H24N2O. The van der Waals surface area contributed by atoms with Crippen LogP contribution < -0.4 is 5.32 Å². The van der Waals surface area contributed by atoms with Crippen molar-refractivity contribution < 1.29 is 4.74 Å². The smallest absolute Gasteiger partial charge is 0.0826 e. The lowest BCUT2D eigenvalue weighted by atomic mass is 10.0. The molecule has 1 aromatic rings. The summed E-state index contributed by atoms with van der Waals surface area (Å²) in [7, 11) is 1.98. The number of rotatable bonds is 4. The standard InChI is InChI=1S/C15H24N2O/c1-12-5-4-6-14(9-12)13(2)17-7-8-18-15(11-17)10-16-3/h4-6,9,13,15-16H,7-8,10-11H2,1-3H3. The van der Waals surface area contributed by atoms with Crippen molar-refractivity contribution in [2.24, 2.45) is 0 Å². The van der Waals surface area contributed by atoms with Crippen molar-refractivity contribution in [3.63, 3.8) is 0 Å². The van der Waals surface area contributed by atoms with Gasteiger partial charge in [0.25, 0.3) is 0 Å². The second kappa shape index (κ2) is 6.32. The fourth-order valence-corrected chi connectivity index (χ4v) is 2.59. The minimum Gasteiger partial charge on any atom is -0.374 e. The van der Waals surface area contributed by atoms with E-state index < -0.39 is 0 Å². The van der Waals surface area contributed by atoms with Gasteiger partial charge in [0.2, 0.25) is 0 Å². The lowest BCUT2D eigenvalue weighted by Gasteiger charge is -2.37. The number of ether oxygens (including phenoxy) is 1. The number of nitrogens with one attached hydrogen (secondary N) is 1. The average Bonchev–Trinajstić information content (AvgIpc) is 2.39. The van der Waals surface area contributed by atoms with Gasteiger partial charge < -0.3 is 10.1 Å². The van der Waals surface area contributed by atoms with Crippen LogP contribution in [0, 0.1) is 6.92 Å². The van der Waals surface area contributed by atoms with Gasteiger partial charge in [-0.2, -0.15) is 0 Å². The zero-order chi connectivity index (χ0) is 13.0. The summed E-state index contributed by atoms with van der Waals surface area (Å²) in [5.74, 6) is 0. The van der Waals surface area contributed by atoms with Crippen molar-refractivity contribution in [3.05, 3.63) is 35.4 Å². The molecule has 0 aliphatic carbocycles. The molecule has 2 rings (SSSR count). The van der Waals surface area contributed by atoms with E-state index >= 15 is 0 Å². The molecule has 2 atom stereocenters. The van der Waals surface area contributed by atoms with Crippen LogP contribution in [0.25, 0.3) is 0 Å². The second-order valence-corrected chi connectivity index (χ2v) is 5.14. The maximum Gasteiger partial charge on any atom is 0.0826 e. The van der Waals surface area contributed by atoms with Gasteiger partial charge >= 0.3 is 0 Å². The first kappa shape index (κ1) is 13.5. The first-order chi connectivity index (χ1) is 8.70. The quantitative estimate of drug-likeness (QED) is 0.882. The van der Waals surface area contributed by atoms with Crippen LogP contribution in [0.2, 0.25) is 0 Å². The maximum atomic E-state index is 5.75. The molecular weight excluding hydrogens is 224 g/mol. The molecule has 0 spiro atoms. The molecule has 1 N–H and O–H groups in total. The van der Waals surface area contributed by atoms with E-state index in [-0.39, 0.29) is 0 Å². The lowest BCUT2D eigenvalue weighted by Crippen LogP contribution is -2.46. The van der Waals surface area contributed by atoms with Crippen molar-refractivity contribution in [2.75, 3.05) is 33.3 Å². The molecule has 0 radical (unpaired) electrons. The summed E-state index contributed by atoms with van der Waals surface area (Å²) < 4.78 is 5.75. The van der Waals surface area contributed by atoms with Gasteiger partial charge in [0.1, 0.15) is 0 Å². The summed E-state index contributed by atoms with van der Waals surface area (Å²) in [6.07, 6.45) is 0.316. The van der Waals surface area contributed by atoms with Crippen LogP contribution >= 0.6 is 0 Å². The highest BCUT2D eigenvalue weighted by molar-refractivity contribution is 5.24. The van der Waals surface area contributed by atoms with Crippen molar-refractivity contribution in [3.8, 4) is 0 Å². The highest BCUT2D eigenvalue weighted by atomic mass is 16.5. The lowest BCUT2D eigenvalue weighted by molar-refractivity contribution is -0.0393. The van der Waals surface area contributed by atoms with Crippen LogP contribution in [-0.4, -0.2) is 44.3 Å². The molecule has 0 amide bonds. The molecule has 18 heavy (non-hydrogen) atoms. The molecule has 0 saturated carbocycles. The van der Waals surface area contributed by atoms with Gasteiger partial charge in [-0.25, -0.2) is 0 Å². The van der Waals surface area contributed by atoms with Gasteiger partial charge in [-0.3, -0.25) is 4.90 Å². The Kier molecular flexibility index (Phi) is 4.75. The van der Waals surface area contributed by atoms with Gasteiger partial charge in [-0.05, 0) is 26.5 Å². The molecule has 1 fully saturated rings. The number of morpholine rings is 1. The fraction of sp³-hybridized carbons (Fsp3) is 0.600. The van der Waals surface area contributed by atoms with Gasteiger partial charge in [0.05, 0.1) is 12.7 Å². The Morgan fingerprint density at radius 3 is 3.06 bits per heavy atom. The predicted octanol–water partition coefficient (Wildman–Crippen LogP) is 1.98. The Balaban J connectivity index is 2.02. The normalized spacial score (nSPS) is 22.9. The molecule has 1 aromatic carbocycles. The molecule has 1 aliphatic heterocycles. The van der Waals surface area contributed by atoms with Crippen molar-refractivity contribution in [1.29, 1.82) is 0 Å². The largest absolute Gasteiger partial charge is 0.374 e. The predicted molar refractivity (Wildman–Crippen MR) is 74.8 cm³/mol. The summed E-state index contributed by atoms with van der Waals surface area (Å²) in [6, 6.07) is 9.27. The van der Waals surface area contributed by atoms with Gasteiger partial charge in [0.15, 0.2) is 0 Å². The minimum absolute atomic E-state index is 0.316. The third kappa shape index (κ3) is 3.31. The van der Waals surface area contributed by atoms with Gasteiger partial charge in [0, 0.05) is 25.7 Å². The average molecular weight is 248 g/mol. The summed E-state index contributed by atoms with van der Waals surface area (Å²) in [5.41, 5.74) is 2.74. The van der Waals surface area contributed by atoms with Crippen LogP contribution in [-0.2, 0) is 4.74 Å². The fourth-order valence-electron chi connectivity index (χ4n) is 2.59. The number of hydrogen-bond donors (Lipinski definition) is 1. The van der Waals surface area contributed by atoms with E-state index in [4.69, 9.17) is 4.74 Å². The van der Waals surface area contributed by atoms with Gasteiger partial charge in [-0.1, -0.05) is 29.8 Å². The van der Waals surface area contributed by atoms with Crippen molar-refractivity contribution in [1.82, 2.24) is 10.2 Å². The summed E-state index contributed by atoms with van der Waals surface area (Å²) in [4.78, 5) is 2.51. The van der Waals surface area contributed by atoms with E-state index in [1.807, 2.05) is 7.05 Å². The first-order valence-electron chi connectivity index (χ1n) is 6.77. The van der Waals surface area contributed by atoms with Crippen LogP contribution in [0.5, 0.6) is 0 Å². The Morgan fingerprint density at radius 1 is 1.50 bits per heavy atom. The number of hydrogen-bond acceptors (Lipinski definition) is 3. The molecule has 1 aliphatic rings. The van der Waals surface area contributed by atoms with Crippen molar-refractivity contribution >= 4 is 0 Å². The van der Waals surface area contributed by atoms with E-state index in [9.17, 15) is 0 Å². The van der Waals surface area contributed by atoms with Crippen LogP contribution in [0.3, 0.4) is 0 Å². The summed E-state index contributed by atoms with van der Waals surface area (Å²) in [6.45, 7) is 8.24. The van der Waals surface area contributed by atoms with E-state index in [0.717, 1.165) is 26.2 Å². The highest BCUT2D eigenvalue weighted by Gasteiger charge is 2.24. The van der Waals surface area contributed by atoms with E-state index in [1.165, 1.54) is 11.1 Å². The Hall–Kier alpha value is -0.900. The number of nitrogens with zero attached hydrogens (tertiary/aromatic N) is 1. The molecule has 1 heterocycles. The highest BCUT2D eigenvalue weighted by Crippen LogP contribution is 2.23. The third-order valence-electron chi connectivity index (χ3n) is 3.67. The Bertz CT molecular complexity index is 379. The Morgan fingerprint density at radius 2 is 2.33 bits per heavy atom. The van der Waals surface area contributed by atoms with E-state index in [2.05, 4.69) is 48.3 Å². The molecule has 100 valence electrons. The molecule has 0 bridgehead atoms. The topological polar surface area (TPSA) is 24.5 Å². The summed E-state index contributed by atoms with van der Waals surface area (Å²) >= 11 is 0. The molecule has 2 unspecified atom stereocenters. The molecule has 3 heteroatoms. The molecule has 0 aromatic heterocycles. The van der Waals surface area contributed by atoms with Crippen LogP contribution in [0.4, 0.5) is 0 Å². The number of benzene rings is 1. The van der Waals surface area contributed by atoms with E-state index in [1.54, 1.807) is 0 Å². The van der Waals surface area contributed by atoms with Crippen LogP contribution in [0.15, 0.2) is 24.3 Å². The molecule has 3 nitrogen and oxygen atoms in total. The van der Waals surface area contributed by atoms with Crippen molar-refractivity contribution in [2.45, 2.75) is 26.0 Å².